The number of hydrogen-bond donors (Lipinski definition) is 1. The molecule has 1 aliphatic heterocycles. The van der Waals surface area contributed by atoms with Gasteiger partial charge in [0.05, 0.1) is 6.10 Å². The van der Waals surface area contributed by atoms with E-state index >= 15 is 0 Å². The number of aliphatic hydroxyl groups is 1. The molecule has 3 aliphatic rings. The molecule has 4 rings (SSSR count). The number of hydrogen-bond acceptors (Lipinski definition) is 5. The molecule has 20 heavy (non-hydrogen) atoms. The Kier molecular flexibility index (Phi) is 3.22. The molecule has 1 aromatic heterocycles. The number of nitrogens with zero attached hydrogens (tertiary/aromatic N) is 3. The Balaban J connectivity index is 1.38. The van der Waals surface area contributed by atoms with Gasteiger partial charge in [-0.1, -0.05) is 11.3 Å². The highest BCUT2D eigenvalue weighted by Gasteiger charge is 2.38. The van der Waals surface area contributed by atoms with Crippen LogP contribution in [0.2, 0.25) is 0 Å². The van der Waals surface area contributed by atoms with Crippen molar-refractivity contribution in [2.24, 2.45) is 5.41 Å². The van der Waals surface area contributed by atoms with Crippen LogP contribution in [0, 0.1) is 5.41 Å². The molecule has 0 aromatic carbocycles. The SMILES string of the molecule is OC1CCC2(CC1)CCN(c1nnc(C3CC3)s1)CC2. The van der Waals surface area contributed by atoms with Gasteiger partial charge < -0.3 is 10.0 Å². The predicted octanol–water partition coefficient (Wildman–Crippen LogP) is 2.94. The van der Waals surface area contributed by atoms with E-state index in [9.17, 15) is 5.11 Å². The Hall–Kier alpha value is -0.680. The van der Waals surface area contributed by atoms with Crippen LogP contribution in [0.25, 0.3) is 0 Å². The summed E-state index contributed by atoms with van der Waals surface area (Å²) in [5.41, 5.74) is 0.514. The van der Waals surface area contributed by atoms with Crippen molar-refractivity contribution >= 4 is 16.5 Å². The van der Waals surface area contributed by atoms with Crippen LogP contribution >= 0.6 is 11.3 Å². The van der Waals surface area contributed by atoms with Gasteiger partial charge in [0.2, 0.25) is 5.13 Å². The van der Waals surface area contributed by atoms with Crippen molar-refractivity contribution in [1.29, 1.82) is 0 Å². The second-order valence-corrected chi connectivity index (χ2v) is 7.90. The normalized spacial score (nSPS) is 27.1. The van der Waals surface area contributed by atoms with Crippen LogP contribution in [0.4, 0.5) is 5.13 Å². The van der Waals surface area contributed by atoms with E-state index in [1.165, 1.54) is 43.5 Å². The fraction of sp³-hybridized carbons (Fsp3) is 0.867. The lowest BCUT2D eigenvalue weighted by atomic mass is 9.67. The van der Waals surface area contributed by atoms with Crippen molar-refractivity contribution < 1.29 is 5.11 Å². The molecule has 1 N–H and O–H groups in total. The summed E-state index contributed by atoms with van der Waals surface area (Å²) in [7, 11) is 0. The summed E-state index contributed by atoms with van der Waals surface area (Å²) in [5.74, 6) is 0.720. The maximum atomic E-state index is 9.69. The maximum absolute atomic E-state index is 9.69. The zero-order valence-corrected chi connectivity index (χ0v) is 12.7. The molecule has 0 bridgehead atoms. The van der Waals surface area contributed by atoms with Crippen LogP contribution in [0.3, 0.4) is 0 Å². The van der Waals surface area contributed by atoms with E-state index in [0.717, 1.165) is 37.0 Å². The highest BCUT2D eigenvalue weighted by atomic mass is 32.1. The summed E-state index contributed by atoms with van der Waals surface area (Å²) in [6, 6.07) is 0. The van der Waals surface area contributed by atoms with Gasteiger partial charge in [0.25, 0.3) is 0 Å². The summed E-state index contributed by atoms with van der Waals surface area (Å²) in [6.45, 7) is 2.24. The van der Waals surface area contributed by atoms with Gasteiger partial charge in [-0.3, -0.25) is 0 Å². The summed E-state index contributed by atoms with van der Waals surface area (Å²) in [6.07, 6.45) is 9.53. The molecule has 2 saturated carbocycles. The smallest absolute Gasteiger partial charge is 0.208 e. The van der Waals surface area contributed by atoms with Gasteiger partial charge in [0.1, 0.15) is 5.01 Å². The Morgan fingerprint density at radius 1 is 1.00 bits per heavy atom. The highest BCUT2D eigenvalue weighted by Crippen LogP contribution is 2.46. The molecular weight excluding hydrogens is 270 g/mol. The average molecular weight is 293 g/mol. The molecular formula is C15H23N3OS. The summed E-state index contributed by atoms with van der Waals surface area (Å²) < 4.78 is 0. The number of anilines is 1. The Morgan fingerprint density at radius 3 is 2.35 bits per heavy atom. The minimum absolute atomic E-state index is 0.0390. The third-order valence-electron chi connectivity index (χ3n) is 5.47. The van der Waals surface area contributed by atoms with Crippen LogP contribution < -0.4 is 4.90 Å². The van der Waals surface area contributed by atoms with E-state index in [2.05, 4.69) is 15.1 Å². The van der Waals surface area contributed by atoms with Crippen LogP contribution in [0.15, 0.2) is 0 Å². The quantitative estimate of drug-likeness (QED) is 0.911. The molecule has 0 amide bonds. The van der Waals surface area contributed by atoms with Gasteiger partial charge in [0, 0.05) is 19.0 Å². The molecule has 2 heterocycles. The molecule has 1 spiro atoms. The molecule has 3 fully saturated rings. The van der Waals surface area contributed by atoms with Crippen LogP contribution in [-0.2, 0) is 0 Å². The lowest BCUT2D eigenvalue weighted by molar-refractivity contribution is 0.0478. The molecule has 5 heteroatoms. The summed E-state index contributed by atoms with van der Waals surface area (Å²) in [4.78, 5) is 2.43. The van der Waals surface area contributed by atoms with Gasteiger partial charge in [-0.25, -0.2) is 0 Å². The van der Waals surface area contributed by atoms with Gasteiger partial charge >= 0.3 is 0 Å². The topological polar surface area (TPSA) is 49.2 Å². The number of aliphatic hydroxyl groups excluding tert-OH is 1. The molecule has 0 atom stereocenters. The fourth-order valence-electron chi connectivity index (χ4n) is 3.74. The second kappa shape index (κ2) is 4.95. The van der Waals surface area contributed by atoms with Gasteiger partial charge in [0.15, 0.2) is 0 Å². The van der Waals surface area contributed by atoms with E-state index in [1.807, 2.05) is 11.3 Å². The number of piperidine rings is 1. The number of aromatic nitrogens is 2. The maximum Gasteiger partial charge on any atom is 0.208 e. The van der Waals surface area contributed by atoms with E-state index in [0.29, 0.717) is 5.41 Å². The van der Waals surface area contributed by atoms with Crippen molar-refractivity contribution in [3.8, 4) is 0 Å². The van der Waals surface area contributed by atoms with Crippen LogP contribution in [-0.4, -0.2) is 34.5 Å². The molecule has 1 saturated heterocycles. The number of rotatable bonds is 2. The molecule has 1 aromatic rings. The van der Waals surface area contributed by atoms with E-state index < -0.39 is 0 Å². The zero-order valence-electron chi connectivity index (χ0n) is 11.9. The molecule has 0 radical (unpaired) electrons. The molecule has 4 nitrogen and oxygen atoms in total. The lowest BCUT2D eigenvalue weighted by Gasteiger charge is -2.45. The first-order valence-corrected chi connectivity index (χ1v) is 8.82. The van der Waals surface area contributed by atoms with Gasteiger partial charge in [-0.15, -0.1) is 10.2 Å². The van der Waals surface area contributed by atoms with Gasteiger partial charge in [-0.2, -0.15) is 0 Å². The van der Waals surface area contributed by atoms with E-state index in [4.69, 9.17) is 0 Å². The Bertz CT molecular complexity index is 467. The monoisotopic (exact) mass is 293 g/mol. The zero-order chi connectivity index (χ0) is 13.6. The standard InChI is InChI=1S/C15H23N3OS/c19-12-3-5-15(6-4-12)7-9-18(10-8-15)14-17-16-13(20-14)11-1-2-11/h11-12,19H,1-10H2. The summed E-state index contributed by atoms with van der Waals surface area (Å²) >= 11 is 1.81. The van der Waals surface area contributed by atoms with Gasteiger partial charge in [-0.05, 0) is 56.8 Å². The van der Waals surface area contributed by atoms with Crippen molar-refractivity contribution in [3.63, 3.8) is 0 Å². The average Bonchev–Trinajstić information content (AvgIpc) is 3.21. The third kappa shape index (κ3) is 2.46. The first-order chi connectivity index (χ1) is 9.74. The minimum atomic E-state index is -0.0390. The molecule has 0 unspecified atom stereocenters. The Morgan fingerprint density at radius 2 is 1.70 bits per heavy atom. The first-order valence-electron chi connectivity index (χ1n) is 8.01. The highest BCUT2D eigenvalue weighted by molar-refractivity contribution is 7.15. The molecule has 110 valence electrons. The minimum Gasteiger partial charge on any atom is -0.393 e. The Labute approximate surface area is 124 Å². The fourth-order valence-corrected chi connectivity index (χ4v) is 4.80. The van der Waals surface area contributed by atoms with Crippen LogP contribution in [0.1, 0.15) is 62.3 Å². The van der Waals surface area contributed by atoms with Crippen molar-refractivity contribution in [2.75, 3.05) is 18.0 Å². The molecule has 2 aliphatic carbocycles. The second-order valence-electron chi connectivity index (χ2n) is 6.92. The summed E-state index contributed by atoms with van der Waals surface area (Å²) in [5, 5.41) is 20.8. The first kappa shape index (κ1) is 13.0. The lowest BCUT2D eigenvalue weighted by Crippen LogP contribution is -2.42. The van der Waals surface area contributed by atoms with Crippen molar-refractivity contribution in [1.82, 2.24) is 10.2 Å². The van der Waals surface area contributed by atoms with E-state index in [1.54, 1.807) is 0 Å². The predicted molar refractivity (Wildman–Crippen MR) is 80.2 cm³/mol. The largest absolute Gasteiger partial charge is 0.393 e. The van der Waals surface area contributed by atoms with Crippen molar-refractivity contribution in [2.45, 2.75) is 63.4 Å². The van der Waals surface area contributed by atoms with Crippen LogP contribution in [0.5, 0.6) is 0 Å². The van der Waals surface area contributed by atoms with Crippen molar-refractivity contribution in [3.05, 3.63) is 5.01 Å². The van der Waals surface area contributed by atoms with E-state index in [-0.39, 0.29) is 6.10 Å². The third-order valence-corrected chi connectivity index (χ3v) is 6.61.